The second-order valence-electron chi connectivity index (χ2n) is 8.13. The molecular weight excluding hydrogens is 363 g/mol. The molecule has 3 fully saturated rings. The first kappa shape index (κ1) is 19.1. The van der Waals surface area contributed by atoms with Crippen molar-refractivity contribution in [1.29, 1.82) is 0 Å². The third-order valence-electron chi connectivity index (χ3n) is 6.53. The number of carbonyl (C=O) groups is 1. The highest BCUT2D eigenvalue weighted by molar-refractivity contribution is 7.99. The fraction of sp³-hybridized carbons (Fsp3) is 0.667. The molecule has 1 amide bonds. The third-order valence-corrected chi connectivity index (χ3v) is 7.58. The van der Waals surface area contributed by atoms with Crippen molar-refractivity contribution in [2.75, 3.05) is 38.2 Å². The number of thioether (sulfide) groups is 1. The summed E-state index contributed by atoms with van der Waals surface area (Å²) in [5.41, 5.74) is 0.289. The number of amides is 1. The SMILES string of the molecule is COc1ccc(F)c(CN2CCCC3(CCN(C4CCSCC4)C3)C2=O)c1. The van der Waals surface area contributed by atoms with Crippen molar-refractivity contribution >= 4 is 17.7 Å². The van der Waals surface area contributed by atoms with Crippen LogP contribution in [0.5, 0.6) is 5.75 Å². The van der Waals surface area contributed by atoms with Gasteiger partial charge in [0.1, 0.15) is 11.6 Å². The normalized spacial score (nSPS) is 27.5. The van der Waals surface area contributed by atoms with Crippen LogP contribution in [0.4, 0.5) is 4.39 Å². The minimum Gasteiger partial charge on any atom is -0.497 e. The molecule has 1 spiro atoms. The lowest BCUT2D eigenvalue weighted by Gasteiger charge is -2.40. The van der Waals surface area contributed by atoms with E-state index in [9.17, 15) is 9.18 Å². The van der Waals surface area contributed by atoms with Gasteiger partial charge >= 0.3 is 0 Å². The minimum atomic E-state index is -0.268. The van der Waals surface area contributed by atoms with Crippen molar-refractivity contribution in [3.63, 3.8) is 0 Å². The summed E-state index contributed by atoms with van der Waals surface area (Å²) in [6, 6.07) is 5.40. The van der Waals surface area contributed by atoms with E-state index in [2.05, 4.69) is 4.90 Å². The number of hydrogen-bond donors (Lipinski definition) is 0. The van der Waals surface area contributed by atoms with Gasteiger partial charge in [-0.15, -0.1) is 0 Å². The Morgan fingerprint density at radius 2 is 2.07 bits per heavy atom. The maximum Gasteiger partial charge on any atom is 0.230 e. The molecule has 0 saturated carbocycles. The van der Waals surface area contributed by atoms with E-state index in [1.54, 1.807) is 19.2 Å². The number of benzene rings is 1. The van der Waals surface area contributed by atoms with Crippen molar-refractivity contribution < 1.29 is 13.9 Å². The quantitative estimate of drug-likeness (QED) is 0.785. The Morgan fingerprint density at radius 3 is 2.85 bits per heavy atom. The standard InChI is InChI=1S/C21H29FN2O2S/c1-26-18-3-4-19(22)16(13-18)14-23-9-2-7-21(20(23)25)8-10-24(15-21)17-5-11-27-12-6-17/h3-4,13,17H,2,5-12,14-15H2,1H3. The maximum atomic E-state index is 14.3. The fourth-order valence-corrected chi connectivity index (χ4v) is 6.03. The Morgan fingerprint density at radius 1 is 1.26 bits per heavy atom. The fourth-order valence-electron chi connectivity index (χ4n) is 4.95. The number of nitrogens with zero attached hydrogens (tertiary/aromatic N) is 2. The van der Waals surface area contributed by atoms with Gasteiger partial charge in [0.05, 0.1) is 12.5 Å². The third kappa shape index (κ3) is 3.83. The summed E-state index contributed by atoms with van der Waals surface area (Å²) in [7, 11) is 1.58. The van der Waals surface area contributed by atoms with Gasteiger partial charge in [0.25, 0.3) is 0 Å². The molecule has 0 N–H and O–H groups in total. The first-order valence-electron chi connectivity index (χ1n) is 10.0. The van der Waals surface area contributed by atoms with Gasteiger partial charge in [0.15, 0.2) is 0 Å². The number of halogens is 1. The molecule has 0 aromatic heterocycles. The predicted molar refractivity (Wildman–Crippen MR) is 107 cm³/mol. The largest absolute Gasteiger partial charge is 0.497 e. The van der Waals surface area contributed by atoms with Gasteiger partial charge in [-0.2, -0.15) is 11.8 Å². The molecule has 1 aromatic rings. The molecule has 1 aromatic carbocycles. The lowest BCUT2D eigenvalue weighted by molar-refractivity contribution is -0.146. The van der Waals surface area contributed by atoms with Gasteiger partial charge in [0, 0.05) is 31.2 Å². The summed E-state index contributed by atoms with van der Waals surface area (Å²) in [6.45, 7) is 2.97. The van der Waals surface area contributed by atoms with Gasteiger partial charge in [-0.3, -0.25) is 9.69 Å². The van der Waals surface area contributed by atoms with E-state index < -0.39 is 0 Å². The zero-order valence-electron chi connectivity index (χ0n) is 16.1. The van der Waals surface area contributed by atoms with Crippen molar-refractivity contribution in [1.82, 2.24) is 9.80 Å². The van der Waals surface area contributed by atoms with Crippen molar-refractivity contribution in [3.05, 3.63) is 29.6 Å². The molecule has 0 aliphatic carbocycles. The molecule has 4 rings (SSSR count). The smallest absolute Gasteiger partial charge is 0.230 e. The van der Waals surface area contributed by atoms with Crippen LogP contribution in [0.15, 0.2) is 18.2 Å². The maximum absolute atomic E-state index is 14.3. The average Bonchev–Trinajstić information content (AvgIpc) is 3.13. The van der Waals surface area contributed by atoms with E-state index in [4.69, 9.17) is 4.74 Å². The number of ether oxygens (including phenoxy) is 1. The van der Waals surface area contributed by atoms with E-state index >= 15 is 0 Å². The van der Waals surface area contributed by atoms with Gasteiger partial charge in [-0.25, -0.2) is 4.39 Å². The molecule has 1 unspecified atom stereocenters. The van der Waals surface area contributed by atoms with Crippen LogP contribution in [-0.2, 0) is 11.3 Å². The van der Waals surface area contributed by atoms with E-state index in [1.165, 1.54) is 30.4 Å². The van der Waals surface area contributed by atoms with Crippen molar-refractivity contribution in [2.24, 2.45) is 5.41 Å². The van der Waals surface area contributed by atoms with Crippen LogP contribution in [0.25, 0.3) is 0 Å². The van der Waals surface area contributed by atoms with Gasteiger partial charge < -0.3 is 9.64 Å². The molecule has 3 heterocycles. The molecule has 3 aliphatic rings. The highest BCUT2D eigenvalue weighted by Crippen LogP contribution is 2.42. The lowest BCUT2D eigenvalue weighted by Crippen LogP contribution is -2.50. The summed E-state index contributed by atoms with van der Waals surface area (Å²) in [6.07, 6.45) is 5.42. The van der Waals surface area contributed by atoms with Crippen LogP contribution >= 0.6 is 11.8 Å². The Hall–Kier alpha value is -1.27. The monoisotopic (exact) mass is 392 g/mol. The van der Waals surface area contributed by atoms with Crippen LogP contribution in [0.2, 0.25) is 0 Å². The molecule has 0 radical (unpaired) electrons. The highest BCUT2D eigenvalue weighted by Gasteiger charge is 2.49. The van der Waals surface area contributed by atoms with Gasteiger partial charge in [-0.1, -0.05) is 0 Å². The summed E-state index contributed by atoms with van der Waals surface area (Å²) >= 11 is 2.04. The van der Waals surface area contributed by atoms with Gasteiger partial charge in [0.2, 0.25) is 5.91 Å². The first-order chi connectivity index (χ1) is 13.1. The minimum absolute atomic E-state index is 0.226. The number of carbonyl (C=O) groups excluding carboxylic acids is 1. The van der Waals surface area contributed by atoms with Crippen LogP contribution in [0, 0.1) is 11.2 Å². The van der Waals surface area contributed by atoms with Crippen LogP contribution < -0.4 is 4.74 Å². The Labute approximate surface area is 165 Å². The number of rotatable bonds is 4. The summed E-state index contributed by atoms with van der Waals surface area (Å²) in [5.74, 6) is 3.07. The second kappa shape index (κ2) is 8.00. The molecule has 148 valence electrons. The predicted octanol–water partition coefficient (Wildman–Crippen LogP) is 3.54. The molecular formula is C21H29FN2O2S. The number of methoxy groups -OCH3 is 1. The zero-order chi connectivity index (χ0) is 18.9. The molecule has 27 heavy (non-hydrogen) atoms. The van der Waals surface area contributed by atoms with E-state index in [0.29, 0.717) is 23.9 Å². The molecule has 1 atom stereocenters. The number of piperidine rings is 1. The average molecular weight is 393 g/mol. The van der Waals surface area contributed by atoms with Gasteiger partial charge in [-0.05, 0) is 68.4 Å². The first-order valence-corrected chi connectivity index (χ1v) is 11.2. The summed E-state index contributed by atoms with van der Waals surface area (Å²) < 4.78 is 19.5. The van der Waals surface area contributed by atoms with Crippen LogP contribution in [0.3, 0.4) is 0 Å². The Balaban J connectivity index is 1.46. The molecule has 3 saturated heterocycles. The topological polar surface area (TPSA) is 32.8 Å². The van der Waals surface area contributed by atoms with Crippen LogP contribution in [0.1, 0.15) is 37.7 Å². The van der Waals surface area contributed by atoms with E-state index in [0.717, 1.165) is 38.9 Å². The summed E-state index contributed by atoms with van der Waals surface area (Å²) in [4.78, 5) is 17.8. The lowest BCUT2D eigenvalue weighted by atomic mass is 9.78. The van der Waals surface area contributed by atoms with E-state index in [1.807, 2.05) is 16.7 Å². The Bertz CT molecular complexity index is 695. The summed E-state index contributed by atoms with van der Waals surface area (Å²) in [5, 5.41) is 0. The zero-order valence-corrected chi connectivity index (χ0v) is 16.9. The molecule has 4 nitrogen and oxygen atoms in total. The second-order valence-corrected chi connectivity index (χ2v) is 9.36. The van der Waals surface area contributed by atoms with Crippen LogP contribution in [-0.4, -0.2) is 60.0 Å². The molecule has 3 aliphatic heterocycles. The number of hydrogen-bond acceptors (Lipinski definition) is 4. The molecule has 0 bridgehead atoms. The van der Waals surface area contributed by atoms with E-state index in [-0.39, 0.29) is 17.1 Å². The number of likely N-dealkylation sites (tertiary alicyclic amines) is 2. The van der Waals surface area contributed by atoms with Crippen molar-refractivity contribution in [3.8, 4) is 5.75 Å². The molecule has 6 heteroatoms. The highest BCUT2D eigenvalue weighted by atomic mass is 32.2. The Kier molecular flexibility index (Phi) is 5.65. The van der Waals surface area contributed by atoms with Crippen molar-refractivity contribution in [2.45, 2.75) is 44.7 Å².